The number of ether oxygens (including phenoxy) is 1. The van der Waals surface area contributed by atoms with Crippen LogP contribution in [0.5, 0.6) is 5.75 Å². The van der Waals surface area contributed by atoms with Crippen molar-refractivity contribution in [1.82, 2.24) is 10.2 Å². The lowest BCUT2D eigenvalue weighted by atomic mass is 10.2. The van der Waals surface area contributed by atoms with Crippen molar-refractivity contribution >= 4 is 29.1 Å². The molecule has 0 saturated carbocycles. The zero-order chi connectivity index (χ0) is 22.3. The molecule has 0 atom stereocenters. The summed E-state index contributed by atoms with van der Waals surface area (Å²) in [5.41, 5.74) is -0.270. The minimum Gasteiger partial charge on any atom is -0.496 e. The van der Waals surface area contributed by atoms with E-state index in [-0.39, 0.29) is 31.2 Å². The van der Waals surface area contributed by atoms with Crippen LogP contribution in [-0.4, -0.2) is 44.0 Å². The molecule has 30 heavy (non-hydrogen) atoms. The van der Waals surface area contributed by atoms with Gasteiger partial charge in [0.25, 0.3) is 0 Å². The first-order valence-electron chi connectivity index (χ1n) is 8.84. The topological polar surface area (TPSA) is 70.7 Å². The number of likely N-dealkylation sites (N-methyl/N-ethyl adjacent to an activating group) is 1. The van der Waals surface area contributed by atoms with Crippen LogP contribution in [0.4, 0.5) is 18.9 Å². The number of benzene rings is 2. The van der Waals surface area contributed by atoms with E-state index in [1.54, 1.807) is 13.1 Å². The normalized spacial score (nSPS) is 11.3. The van der Waals surface area contributed by atoms with Crippen LogP contribution in [0.3, 0.4) is 0 Å². The van der Waals surface area contributed by atoms with Gasteiger partial charge in [-0.05, 0) is 31.3 Å². The van der Waals surface area contributed by atoms with Gasteiger partial charge in [0.15, 0.2) is 0 Å². The Labute approximate surface area is 177 Å². The summed E-state index contributed by atoms with van der Waals surface area (Å²) >= 11 is 5.56. The molecular formula is C20H21ClF3N3O3. The number of carbonyl (C=O) groups is 2. The van der Waals surface area contributed by atoms with Crippen LogP contribution in [0.15, 0.2) is 42.5 Å². The number of methoxy groups -OCH3 is 1. The first kappa shape index (κ1) is 23.5. The fourth-order valence-corrected chi connectivity index (χ4v) is 2.89. The number of nitrogens with one attached hydrogen (secondary N) is 2. The highest BCUT2D eigenvalue weighted by atomic mass is 35.5. The van der Waals surface area contributed by atoms with Crippen molar-refractivity contribution in [1.29, 1.82) is 0 Å². The van der Waals surface area contributed by atoms with Crippen molar-refractivity contribution in [3.05, 3.63) is 58.6 Å². The van der Waals surface area contributed by atoms with Crippen molar-refractivity contribution < 1.29 is 27.5 Å². The Morgan fingerprint density at radius 3 is 2.43 bits per heavy atom. The smallest absolute Gasteiger partial charge is 0.417 e. The number of rotatable bonds is 8. The molecule has 0 fully saturated rings. The Morgan fingerprint density at radius 2 is 1.77 bits per heavy atom. The Hall–Kier alpha value is -2.78. The molecule has 0 spiro atoms. The van der Waals surface area contributed by atoms with Crippen LogP contribution in [0.2, 0.25) is 5.02 Å². The van der Waals surface area contributed by atoms with Crippen LogP contribution in [0.25, 0.3) is 0 Å². The minimum absolute atomic E-state index is 0.0363. The third-order valence-corrected chi connectivity index (χ3v) is 4.38. The molecule has 0 aliphatic rings. The number of amides is 2. The number of halogens is 4. The monoisotopic (exact) mass is 443 g/mol. The molecule has 0 aromatic heterocycles. The molecule has 2 aromatic rings. The first-order chi connectivity index (χ1) is 14.1. The number of anilines is 1. The molecule has 0 aliphatic heterocycles. The van der Waals surface area contributed by atoms with Crippen molar-refractivity contribution in [3.63, 3.8) is 0 Å². The van der Waals surface area contributed by atoms with Crippen molar-refractivity contribution in [2.45, 2.75) is 12.7 Å². The van der Waals surface area contributed by atoms with Crippen molar-refractivity contribution in [3.8, 4) is 5.75 Å². The van der Waals surface area contributed by atoms with E-state index in [1.807, 2.05) is 18.2 Å². The maximum absolute atomic E-state index is 12.9. The number of hydrogen-bond acceptors (Lipinski definition) is 4. The van der Waals surface area contributed by atoms with Crippen molar-refractivity contribution in [2.75, 3.05) is 32.6 Å². The highest BCUT2D eigenvalue weighted by Crippen LogP contribution is 2.36. The zero-order valence-corrected chi connectivity index (χ0v) is 17.1. The second kappa shape index (κ2) is 10.3. The predicted molar refractivity (Wildman–Crippen MR) is 107 cm³/mol. The predicted octanol–water partition coefficient (Wildman–Crippen LogP) is 3.55. The standard InChI is InChI=1S/C20H21ClF3N3O3/c1-27(11-18(28)25-10-13-5-3-4-6-17(13)30-2)12-19(29)26-14-7-8-16(21)15(9-14)20(22,23)24/h3-9H,10-12H2,1-2H3,(H,25,28)(H,26,29). The van der Waals surface area contributed by atoms with Gasteiger partial charge >= 0.3 is 6.18 Å². The van der Waals surface area contributed by atoms with Gasteiger partial charge in [0.1, 0.15) is 5.75 Å². The molecule has 2 rings (SSSR count). The van der Waals surface area contributed by atoms with Gasteiger partial charge in [0.2, 0.25) is 11.8 Å². The zero-order valence-electron chi connectivity index (χ0n) is 16.3. The van der Waals surface area contributed by atoms with E-state index in [0.29, 0.717) is 5.75 Å². The van der Waals surface area contributed by atoms with Gasteiger partial charge in [0, 0.05) is 17.8 Å². The number of carbonyl (C=O) groups excluding carboxylic acids is 2. The summed E-state index contributed by atoms with van der Waals surface area (Å²) in [6.45, 7) is -0.00305. The second-order valence-electron chi connectivity index (χ2n) is 6.50. The first-order valence-corrected chi connectivity index (χ1v) is 9.21. The number of para-hydroxylation sites is 1. The summed E-state index contributed by atoms with van der Waals surface area (Å²) in [5.74, 6) is -0.237. The Balaban J connectivity index is 1.85. The molecule has 2 N–H and O–H groups in total. The van der Waals surface area contributed by atoms with Crippen LogP contribution < -0.4 is 15.4 Å². The summed E-state index contributed by atoms with van der Waals surface area (Å²) < 4.78 is 43.9. The van der Waals surface area contributed by atoms with Crippen molar-refractivity contribution in [2.24, 2.45) is 0 Å². The average molecular weight is 444 g/mol. The van der Waals surface area contributed by atoms with E-state index >= 15 is 0 Å². The number of hydrogen-bond donors (Lipinski definition) is 2. The molecule has 2 aromatic carbocycles. The molecule has 0 heterocycles. The molecule has 0 unspecified atom stereocenters. The molecular weight excluding hydrogens is 423 g/mol. The van der Waals surface area contributed by atoms with Gasteiger partial charge in [-0.1, -0.05) is 29.8 Å². The van der Waals surface area contributed by atoms with Gasteiger partial charge in [-0.2, -0.15) is 13.2 Å². The van der Waals surface area contributed by atoms with Crippen LogP contribution in [0, 0.1) is 0 Å². The third kappa shape index (κ3) is 6.93. The van der Waals surface area contributed by atoms with E-state index in [0.717, 1.165) is 17.7 Å². The maximum Gasteiger partial charge on any atom is 0.417 e. The highest BCUT2D eigenvalue weighted by Gasteiger charge is 2.33. The molecule has 10 heteroatoms. The molecule has 2 amide bonds. The Bertz CT molecular complexity index is 906. The summed E-state index contributed by atoms with van der Waals surface area (Å²) in [7, 11) is 3.08. The quantitative estimate of drug-likeness (QED) is 0.654. The SMILES string of the molecule is COc1ccccc1CNC(=O)CN(C)CC(=O)Nc1ccc(Cl)c(C(F)(F)F)c1. The van der Waals surface area contributed by atoms with Crippen LogP contribution >= 0.6 is 11.6 Å². The molecule has 0 saturated heterocycles. The summed E-state index contributed by atoms with van der Waals surface area (Å²) in [6.07, 6.45) is -4.63. The van der Waals surface area contributed by atoms with E-state index in [1.165, 1.54) is 18.1 Å². The van der Waals surface area contributed by atoms with Crippen LogP contribution in [0.1, 0.15) is 11.1 Å². The minimum atomic E-state index is -4.63. The molecule has 162 valence electrons. The Kier molecular flexibility index (Phi) is 8.08. The van der Waals surface area contributed by atoms with E-state index in [2.05, 4.69) is 10.6 Å². The summed E-state index contributed by atoms with van der Waals surface area (Å²) in [6, 6.07) is 10.3. The summed E-state index contributed by atoms with van der Waals surface area (Å²) in [5, 5.41) is 4.64. The average Bonchev–Trinajstić information content (AvgIpc) is 2.67. The van der Waals surface area contributed by atoms with Gasteiger partial charge in [-0.25, -0.2) is 0 Å². The molecule has 0 aliphatic carbocycles. The highest BCUT2D eigenvalue weighted by molar-refractivity contribution is 6.31. The Morgan fingerprint density at radius 1 is 1.10 bits per heavy atom. The number of nitrogens with zero attached hydrogens (tertiary/aromatic N) is 1. The lowest BCUT2D eigenvalue weighted by molar-refractivity contribution is -0.137. The third-order valence-electron chi connectivity index (χ3n) is 4.05. The van der Waals surface area contributed by atoms with E-state index in [9.17, 15) is 22.8 Å². The molecule has 0 bridgehead atoms. The lowest BCUT2D eigenvalue weighted by Gasteiger charge is -2.17. The number of alkyl halides is 3. The molecule has 6 nitrogen and oxygen atoms in total. The summed E-state index contributed by atoms with van der Waals surface area (Å²) in [4.78, 5) is 25.6. The van der Waals surface area contributed by atoms with E-state index in [4.69, 9.17) is 16.3 Å². The van der Waals surface area contributed by atoms with E-state index < -0.39 is 22.7 Å². The lowest BCUT2D eigenvalue weighted by Crippen LogP contribution is -2.38. The molecule has 0 radical (unpaired) electrons. The van der Waals surface area contributed by atoms with Gasteiger partial charge in [0.05, 0.1) is 30.8 Å². The van der Waals surface area contributed by atoms with Gasteiger partial charge in [-0.3, -0.25) is 14.5 Å². The maximum atomic E-state index is 12.9. The largest absolute Gasteiger partial charge is 0.496 e. The van der Waals surface area contributed by atoms with Crippen LogP contribution in [-0.2, 0) is 22.3 Å². The fourth-order valence-electron chi connectivity index (χ4n) is 2.67. The second-order valence-corrected chi connectivity index (χ2v) is 6.91. The van der Waals surface area contributed by atoms with Gasteiger partial charge in [-0.15, -0.1) is 0 Å². The van der Waals surface area contributed by atoms with Gasteiger partial charge < -0.3 is 15.4 Å². The fraction of sp³-hybridized carbons (Fsp3) is 0.300.